The second-order valence-electron chi connectivity index (χ2n) is 7.16. The fraction of sp³-hybridized carbons (Fsp3) is 0.391. The molecule has 3 rings (SSSR count). The largest absolute Gasteiger partial charge is 0.493 e. The smallest absolute Gasteiger partial charge is 0.161 e. The Morgan fingerprint density at radius 3 is 2.57 bits per heavy atom. The third-order valence-electron chi connectivity index (χ3n) is 4.79. The number of hydrogen-bond donors (Lipinski definition) is 1. The lowest BCUT2D eigenvalue weighted by molar-refractivity contribution is 0.0617. The molecule has 0 amide bonds. The van der Waals surface area contributed by atoms with Crippen molar-refractivity contribution in [3.05, 3.63) is 65.5 Å². The standard InChI is InChI=1S/C23H28FNO3/c1-3-4-17-7-12-22(23(13-17)27-2)28-16-21(26)15-25(20-10-11-20)14-18-5-8-19(24)9-6-18/h3-9,12-13,20-21,26H,10-11,14-16H2,1-2H3/b4-3+. The number of benzene rings is 2. The number of nitrogens with zero attached hydrogens (tertiary/aromatic N) is 1. The van der Waals surface area contributed by atoms with Crippen molar-refractivity contribution in [1.29, 1.82) is 0 Å². The highest BCUT2D eigenvalue weighted by Crippen LogP contribution is 2.30. The summed E-state index contributed by atoms with van der Waals surface area (Å²) in [7, 11) is 1.61. The summed E-state index contributed by atoms with van der Waals surface area (Å²) in [5, 5.41) is 10.5. The number of aliphatic hydroxyl groups excluding tert-OH is 1. The van der Waals surface area contributed by atoms with Crippen molar-refractivity contribution in [2.75, 3.05) is 20.3 Å². The molecule has 2 aromatic carbocycles. The molecule has 0 aliphatic heterocycles. The van der Waals surface area contributed by atoms with Crippen LogP contribution in [0.4, 0.5) is 4.39 Å². The van der Waals surface area contributed by atoms with Gasteiger partial charge in [-0.3, -0.25) is 4.90 Å². The summed E-state index contributed by atoms with van der Waals surface area (Å²) in [6.45, 7) is 3.36. The Bertz CT molecular complexity index is 787. The second-order valence-corrected chi connectivity index (χ2v) is 7.16. The predicted molar refractivity (Wildman–Crippen MR) is 109 cm³/mol. The monoisotopic (exact) mass is 385 g/mol. The van der Waals surface area contributed by atoms with Gasteiger partial charge in [-0.25, -0.2) is 4.39 Å². The Morgan fingerprint density at radius 1 is 1.18 bits per heavy atom. The molecule has 0 aromatic heterocycles. The van der Waals surface area contributed by atoms with Crippen molar-refractivity contribution in [2.45, 2.75) is 38.5 Å². The highest BCUT2D eigenvalue weighted by Gasteiger charge is 2.30. The van der Waals surface area contributed by atoms with Gasteiger partial charge in [0.25, 0.3) is 0 Å². The van der Waals surface area contributed by atoms with E-state index in [1.54, 1.807) is 19.2 Å². The Kier molecular flexibility index (Phi) is 7.06. The van der Waals surface area contributed by atoms with Crippen LogP contribution in [-0.2, 0) is 6.54 Å². The predicted octanol–water partition coefficient (Wildman–Crippen LogP) is 4.27. The van der Waals surface area contributed by atoms with Crippen LogP contribution in [0.2, 0.25) is 0 Å². The minimum atomic E-state index is -0.624. The molecule has 0 saturated heterocycles. The van der Waals surface area contributed by atoms with Crippen molar-refractivity contribution in [3.63, 3.8) is 0 Å². The molecule has 150 valence electrons. The summed E-state index contributed by atoms with van der Waals surface area (Å²) < 4.78 is 24.3. The van der Waals surface area contributed by atoms with Crippen LogP contribution in [0.1, 0.15) is 30.9 Å². The van der Waals surface area contributed by atoms with Crippen molar-refractivity contribution in [2.24, 2.45) is 0 Å². The molecule has 1 N–H and O–H groups in total. The van der Waals surface area contributed by atoms with E-state index < -0.39 is 6.10 Å². The van der Waals surface area contributed by atoms with Gasteiger partial charge in [0.2, 0.25) is 0 Å². The van der Waals surface area contributed by atoms with Gasteiger partial charge in [0, 0.05) is 19.1 Å². The molecule has 0 radical (unpaired) electrons. The van der Waals surface area contributed by atoms with E-state index >= 15 is 0 Å². The van der Waals surface area contributed by atoms with Crippen molar-refractivity contribution in [3.8, 4) is 11.5 Å². The van der Waals surface area contributed by atoms with Crippen molar-refractivity contribution >= 4 is 6.08 Å². The van der Waals surface area contributed by atoms with Gasteiger partial charge in [0.1, 0.15) is 18.5 Å². The molecule has 5 heteroatoms. The number of ether oxygens (including phenoxy) is 2. The van der Waals surface area contributed by atoms with Crippen LogP contribution in [0.3, 0.4) is 0 Å². The maximum absolute atomic E-state index is 13.1. The van der Waals surface area contributed by atoms with Crippen LogP contribution >= 0.6 is 0 Å². The van der Waals surface area contributed by atoms with E-state index in [1.165, 1.54) is 12.1 Å². The summed E-state index contributed by atoms with van der Waals surface area (Å²) in [4.78, 5) is 2.24. The Morgan fingerprint density at radius 2 is 1.93 bits per heavy atom. The van der Waals surface area contributed by atoms with Gasteiger partial charge in [-0.05, 0) is 55.2 Å². The van der Waals surface area contributed by atoms with Crippen molar-refractivity contribution < 1.29 is 19.0 Å². The summed E-state index contributed by atoms with van der Waals surface area (Å²) in [6.07, 6.45) is 5.60. The third-order valence-corrected chi connectivity index (χ3v) is 4.79. The molecule has 1 saturated carbocycles. The first kappa shape index (κ1) is 20.4. The Labute approximate surface area is 166 Å². The number of rotatable bonds is 10. The summed E-state index contributed by atoms with van der Waals surface area (Å²) in [6, 6.07) is 12.7. The van der Waals surface area contributed by atoms with E-state index in [1.807, 2.05) is 37.3 Å². The summed E-state index contributed by atoms with van der Waals surface area (Å²) in [5.74, 6) is 1.03. The first-order valence-electron chi connectivity index (χ1n) is 9.69. The molecule has 1 aliphatic carbocycles. The lowest BCUT2D eigenvalue weighted by atomic mass is 10.2. The van der Waals surface area contributed by atoms with E-state index in [0.717, 1.165) is 24.0 Å². The first-order chi connectivity index (χ1) is 13.6. The van der Waals surface area contributed by atoms with Gasteiger partial charge >= 0.3 is 0 Å². The van der Waals surface area contributed by atoms with Crippen LogP contribution in [0.25, 0.3) is 6.08 Å². The number of methoxy groups -OCH3 is 1. The van der Waals surface area contributed by atoms with Gasteiger partial charge in [-0.15, -0.1) is 0 Å². The number of hydrogen-bond acceptors (Lipinski definition) is 4. The van der Waals surface area contributed by atoms with Crippen LogP contribution < -0.4 is 9.47 Å². The number of aliphatic hydroxyl groups is 1. The fourth-order valence-electron chi connectivity index (χ4n) is 3.22. The third kappa shape index (κ3) is 5.81. The van der Waals surface area contributed by atoms with Crippen LogP contribution in [0.5, 0.6) is 11.5 Å². The molecule has 4 nitrogen and oxygen atoms in total. The first-order valence-corrected chi connectivity index (χ1v) is 9.69. The number of halogens is 1. The van der Waals surface area contributed by atoms with E-state index in [-0.39, 0.29) is 12.4 Å². The maximum atomic E-state index is 13.1. The normalized spacial score (nSPS) is 15.2. The minimum absolute atomic E-state index is 0.186. The molecular formula is C23H28FNO3. The summed E-state index contributed by atoms with van der Waals surface area (Å²) >= 11 is 0. The number of allylic oxidation sites excluding steroid dienone is 1. The fourth-order valence-corrected chi connectivity index (χ4v) is 3.22. The van der Waals surface area contributed by atoms with Crippen molar-refractivity contribution in [1.82, 2.24) is 4.90 Å². The van der Waals surface area contributed by atoms with Gasteiger partial charge in [-0.2, -0.15) is 0 Å². The second kappa shape index (κ2) is 9.71. The summed E-state index contributed by atoms with van der Waals surface area (Å²) in [5.41, 5.74) is 2.08. The average molecular weight is 385 g/mol. The molecule has 0 spiro atoms. The lowest BCUT2D eigenvalue weighted by Gasteiger charge is -2.25. The van der Waals surface area contributed by atoms with Crippen LogP contribution in [0.15, 0.2) is 48.5 Å². The van der Waals surface area contributed by atoms with Gasteiger partial charge < -0.3 is 14.6 Å². The highest BCUT2D eigenvalue weighted by atomic mass is 19.1. The Hall–Kier alpha value is -2.37. The zero-order valence-electron chi connectivity index (χ0n) is 16.5. The highest BCUT2D eigenvalue weighted by molar-refractivity contribution is 5.55. The van der Waals surface area contributed by atoms with E-state index in [9.17, 15) is 9.50 Å². The quantitative estimate of drug-likeness (QED) is 0.663. The topological polar surface area (TPSA) is 41.9 Å². The molecular weight excluding hydrogens is 357 g/mol. The van der Waals surface area contributed by atoms with Gasteiger partial charge in [-0.1, -0.05) is 30.4 Å². The molecule has 28 heavy (non-hydrogen) atoms. The van der Waals surface area contributed by atoms with Gasteiger partial charge in [0.15, 0.2) is 11.5 Å². The van der Waals surface area contributed by atoms with E-state index in [4.69, 9.17) is 9.47 Å². The zero-order valence-corrected chi connectivity index (χ0v) is 16.5. The minimum Gasteiger partial charge on any atom is -0.493 e. The average Bonchev–Trinajstić information content (AvgIpc) is 3.53. The molecule has 1 unspecified atom stereocenters. The SMILES string of the molecule is C/C=C/c1ccc(OCC(O)CN(Cc2ccc(F)cc2)C2CC2)c(OC)c1. The van der Waals surface area contributed by atoms with Crippen LogP contribution in [-0.4, -0.2) is 42.4 Å². The van der Waals surface area contributed by atoms with E-state index in [2.05, 4.69) is 4.90 Å². The molecule has 0 bridgehead atoms. The zero-order chi connectivity index (χ0) is 19.9. The Balaban J connectivity index is 1.56. The molecule has 1 fully saturated rings. The van der Waals surface area contributed by atoms with Gasteiger partial charge in [0.05, 0.1) is 7.11 Å². The molecule has 0 heterocycles. The molecule has 2 aromatic rings. The lowest BCUT2D eigenvalue weighted by Crippen LogP contribution is -2.36. The van der Waals surface area contributed by atoms with Crippen LogP contribution in [0, 0.1) is 5.82 Å². The molecule has 1 atom stereocenters. The van der Waals surface area contributed by atoms with E-state index in [0.29, 0.717) is 30.6 Å². The molecule has 1 aliphatic rings. The maximum Gasteiger partial charge on any atom is 0.161 e.